The molecule has 0 atom stereocenters. The molecule has 2 rings (SSSR count). The van der Waals surface area contributed by atoms with E-state index in [0.717, 1.165) is 23.4 Å². The molecule has 1 heterocycles. The molecule has 0 unspecified atom stereocenters. The van der Waals surface area contributed by atoms with Crippen molar-refractivity contribution in [1.29, 1.82) is 5.26 Å². The van der Waals surface area contributed by atoms with Gasteiger partial charge in [-0.3, -0.25) is 4.79 Å². The number of aromatic nitrogens is 1. The number of nitrogens with one attached hydrogen (secondary N) is 1. The standard InChI is InChI=1S/C16H16N2O2/c1-3-8-20-13-6-4-12(5-7-13)14-9-11(2)18-16(19)15(14)10-17/h4-7,9H,3,8H2,1-2H3,(H,18,19). The van der Waals surface area contributed by atoms with Crippen molar-refractivity contribution >= 4 is 0 Å². The summed E-state index contributed by atoms with van der Waals surface area (Å²) in [6.45, 7) is 4.52. The maximum absolute atomic E-state index is 11.8. The van der Waals surface area contributed by atoms with Crippen molar-refractivity contribution in [2.24, 2.45) is 0 Å². The Morgan fingerprint density at radius 2 is 2.00 bits per heavy atom. The van der Waals surface area contributed by atoms with E-state index in [0.29, 0.717) is 12.2 Å². The fourth-order valence-electron chi connectivity index (χ4n) is 1.98. The molecule has 2 aromatic rings. The van der Waals surface area contributed by atoms with Gasteiger partial charge in [-0.2, -0.15) is 5.26 Å². The average Bonchev–Trinajstić information content (AvgIpc) is 2.45. The molecule has 0 spiro atoms. The van der Waals surface area contributed by atoms with E-state index in [-0.39, 0.29) is 11.1 Å². The second-order valence-electron chi connectivity index (χ2n) is 4.55. The predicted molar refractivity (Wildman–Crippen MR) is 77.7 cm³/mol. The Morgan fingerprint density at radius 3 is 2.60 bits per heavy atom. The molecule has 0 radical (unpaired) electrons. The number of hydrogen-bond donors (Lipinski definition) is 1. The third kappa shape index (κ3) is 2.89. The van der Waals surface area contributed by atoms with Crippen LogP contribution in [0.4, 0.5) is 0 Å². The van der Waals surface area contributed by atoms with E-state index in [1.54, 1.807) is 6.92 Å². The van der Waals surface area contributed by atoms with Crippen LogP contribution in [0.25, 0.3) is 11.1 Å². The molecule has 102 valence electrons. The van der Waals surface area contributed by atoms with Gasteiger partial charge >= 0.3 is 0 Å². The normalized spacial score (nSPS) is 10.1. The Balaban J connectivity index is 2.42. The maximum atomic E-state index is 11.8. The highest BCUT2D eigenvalue weighted by molar-refractivity contribution is 5.70. The molecule has 0 amide bonds. The zero-order chi connectivity index (χ0) is 14.5. The third-order valence-electron chi connectivity index (χ3n) is 2.92. The van der Waals surface area contributed by atoms with E-state index in [9.17, 15) is 4.79 Å². The molecule has 0 saturated heterocycles. The molecule has 4 nitrogen and oxygen atoms in total. The molecule has 20 heavy (non-hydrogen) atoms. The van der Waals surface area contributed by atoms with E-state index < -0.39 is 0 Å². The van der Waals surface area contributed by atoms with E-state index in [1.165, 1.54) is 0 Å². The molecule has 4 heteroatoms. The zero-order valence-corrected chi connectivity index (χ0v) is 11.6. The molecule has 0 bridgehead atoms. The van der Waals surface area contributed by atoms with Gasteiger partial charge in [-0.05, 0) is 37.1 Å². The summed E-state index contributed by atoms with van der Waals surface area (Å²) in [4.78, 5) is 14.4. The number of aromatic amines is 1. The Labute approximate surface area is 117 Å². The summed E-state index contributed by atoms with van der Waals surface area (Å²) < 4.78 is 5.52. The summed E-state index contributed by atoms with van der Waals surface area (Å²) in [5.41, 5.74) is 2.00. The molecule has 0 aliphatic rings. The highest BCUT2D eigenvalue weighted by Gasteiger charge is 2.10. The first kappa shape index (κ1) is 13.9. The molecule has 1 N–H and O–H groups in total. The van der Waals surface area contributed by atoms with Gasteiger partial charge in [-0.15, -0.1) is 0 Å². The fraction of sp³-hybridized carbons (Fsp3) is 0.250. The zero-order valence-electron chi connectivity index (χ0n) is 11.6. The van der Waals surface area contributed by atoms with Crippen LogP contribution < -0.4 is 10.3 Å². The minimum atomic E-state index is -0.353. The minimum absolute atomic E-state index is 0.137. The van der Waals surface area contributed by atoms with Gasteiger partial charge < -0.3 is 9.72 Å². The largest absolute Gasteiger partial charge is 0.494 e. The van der Waals surface area contributed by atoms with Gasteiger partial charge in [0, 0.05) is 11.3 Å². The van der Waals surface area contributed by atoms with Crippen molar-refractivity contribution in [2.45, 2.75) is 20.3 Å². The summed E-state index contributed by atoms with van der Waals surface area (Å²) in [6, 6.07) is 11.2. The predicted octanol–water partition coefficient (Wildman–Crippen LogP) is 3.01. The summed E-state index contributed by atoms with van der Waals surface area (Å²) in [6.07, 6.45) is 0.952. The van der Waals surface area contributed by atoms with Crippen molar-refractivity contribution in [3.8, 4) is 22.9 Å². The Bertz CT molecular complexity index is 694. The van der Waals surface area contributed by atoms with Crippen molar-refractivity contribution in [3.05, 3.63) is 51.9 Å². The Morgan fingerprint density at radius 1 is 1.30 bits per heavy atom. The Hall–Kier alpha value is -2.54. The number of aryl methyl sites for hydroxylation is 1. The number of ether oxygens (including phenoxy) is 1. The topological polar surface area (TPSA) is 65.9 Å². The summed E-state index contributed by atoms with van der Waals surface area (Å²) in [7, 11) is 0. The van der Waals surface area contributed by atoms with E-state index in [1.807, 2.05) is 43.3 Å². The lowest BCUT2D eigenvalue weighted by atomic mass is 10.0. The van der Waals surface area contributed by atoms with Crippen molar-refractivity contribution in [2.75, 3.05) is 6.61 Å². The van der Waals surface area contributed by atoms with Gasteiger partial charge in [0.05, 0.1) is 6.61 Å². The summed E-state index contributed by atoms with van der Waals surface area (Å²) in [5.74, 6) is 0.788. The van der Waals surface area contributed by atoms with Crippen molar-refractivity contribution < 1.29 is 4.74 Å². The van der Waals surface area contributed by atoms with Crippen molar-refractivity contribution in [3.63, 3.8) is 0 Å². The third-order valence-corrected chi connectivity index (χ3v) is 2.92. The molecule has 1 aromatic heterocycles. The van der Waals surface area contributed by atoms with Gasteiger partial charge in [0.2, 0.25) is 0 Å². The lowest BCUT2D eigenvalue weighted by molar-refractivity contribution is 0.317. The minimum Gasteiger partial charge on any atom is -0.494 e. The van der Waals surface area contributed by atoms with Crippen LogP contribution >= 0.6 is 0 Å². The van der Waals surface area contributed by atoms with Gasteiger partial charge in [0.1, 0.15) is 17.4 Å². The van der Waals surface area contributed by atoms with Crippen LogP contribution in [-0.4, -0.2) is 11.6 Å². The van der Waals surface area contributed by atoms with Crippen LogP contribution in [0.15, 0.2) is 35.1 Å². The molecular formula is C16H16N2O2. The molecule has 0 saturated carbocycles. The summed E-state index contributed by atoms with van der Waals surface area (Å²) in [5, 5.41) is 9.13. The number of pyridine rings is 1. The number of rotatable bonds is 4. The van der Waals surface area contributed by atoms with Crippen LogP contribution in [0.3, 0.4) is 0 Å². The number of H-pyrrole nitrogens is 1. The second kappa shape index (κ2) is 6.07. The second-order valence-corrected chi connectivity index (χ2v) is 4.55. The molecule has 0 aliphatic heterocycles. The highest BCUT2D eigenvalue weighted by atomic mass is 16.5. The molecule has 0 fully saturated rings. The number of nitrogens with zero attached hydrogens (tertiary/aromatic N) is 1. The van der Waals surface area contributed by atoms with Crippen LogP contribution in [0, 0.1) is 18.3 Å². The first-order valence-electron chi connectivity index (χ1n) is 6.53. The van der Waals surface area contributed by atoms with Crippen LogP contribution in [0.2, 0.25) is 0 Å². The van der Waals surface area contributed by atoms with Gasteiger partial charge in [-0.25, -0.2) is 0 Å². The first-order chi connectivity index (χ1) is 9.65. The summed E-state index contributed by atoms with van der Waals surface area (Å²) >= 11 is 0. The fourth-order valence-corrected chi connectivity index (χ4v) is 1.98. The van der Waals surface area contributed by atoms with E-state index in [2.05, 4.69) is 4.98 Å². The Kier molecular flexibility index (Phi) is 4.21. The van der Waals surface area contributed by atoms with Crippen LogP contribution in [0.1, 0.15) is 24.6 Å². The molecule has 0 aliphatic carbocycles. The van der Waals surface area contributed by atoms with Crippen LogP contribution in [-0.2, 0) is 0 Å². The van der Waals surface area contributed by atoms with E-state index in [4.69, 9.17) is 10.00 Å². The van der Waals surface area contributed by atoms with E-state index >= 15 is 0 Å². The number of benzene rings is 1. The van der Waals surface area contributed by atoms with Gasteiger partial charge in [0.15, 0.2) is 0 Å². The van der Waals surface area contributed by atoms with Gasteiger partial charge in [0.25, 0.3) is 5.56 Å². The number of hydrogen-bond acceptors (Lipinski definition) is 3. The maximum Gasteiger partial charge on any atom is 0.266 e. The highest BCUT2D eigenvalue weighted by Crippen LogP contribution is 2.24. The molecule has 1 aromatic carbocycles. The van der Waals surface area contributed by atoms with Gasteiger partial charge in [-0.1, -0.05) is 19.1 Å². The smallest absolute Gasteiger partial charge is 0.266 e. The van der Waals surface area contributed by atoms with Crippen molar-refractivity contribution in [1.82, 2.24) is 4.98 Å². The number of nitriles is 1. The monoisotopic (exact) mass is 268 g/mol. The lowest BCUT2D eigenvalue weighted by Crippen LogP contribution is -2.12. The quantitative estimate of drug-likeness (QED) is 0.926. The van der Waals surface area contributed by atoms with Crippen LogP contribution in [0.5, 0.6) is 5.75 Å². The molecular weight excluding hydrogens is 252 g/mol. The lowest BCUT2D eigenvalue weighted by Gasteiger charge is -2.08. The average molecular weight is 268 g/mol. The first-order valence-corrected chi connectivity index (χ1v) is 6.53. The SMILES string of the molecule is CCCOc1ccc(-c2cc(C)[nH]c(=O)c2C#N)cc1.